The van der Waals surface area contributed by atoms with Crippen LogP contribution in [0.15, 0.2) is 59.5 Å². The van der Waals surface area contributed by atoms with Gasteiger partial charge in [0.2, 0.25) is 5.76 Å². The number of hydrogen-bond donors (Lipinski definition) is 1. The lowest BCUT2D eigenvalue weighted by Gasteiger charge is -2.08. The van der Waals surface area contributed by atoms with Crippen molar-refractivity contribution < 1.29 is 13.9 Å². The number of benzene rings is 1. The minimum absolute atomic E-state index is 0.157. The first-order chi connectivity index (χ1) is 10.7. The van der Waals surface area contributed by atoms with Crippen LogP contribution in [-0.2, 0) is 0 Å². The van der Waals surface area contributed by atoms with E-state index in [1.165, 1.54) is 12.6 Å². The summed E-state index contributed by atoms with van der Waals surface area (Å²) in [5, 5.41) is 3.13. The molecule has 2 aromatic heterocycles. The van der Waals surface area contributed by atoms with Crippen molar-refractivity contribution >= 4 is 17.5 Å². The molecule has 0 unspecified atom stereocenters. The molecule has 3 aromatic rings. The SMILES string of the molecule is Cc1cc(Nc2cccc(OC(=O)c3ccco3)c2)ncn1. The van der Waals surface area contributed by atoms with Crippen LogP contribution in [0, 0.1) is 6.92 Å². The van der Waals surface area contributed by atoms with E-state index in [0.717, 1.165) is 11.4 Å². The Bertz CT molecular complexity index is 785. The van der Waals surface area contributed by atoms with E-state index >= 15 is 0 Å². The van der Waals surface area contributed by atoms with E-state index in [2.05, 4.69) is 15.3 Å². The van der Waals surface area contributed by atoms with Gasteiger partial charge in [-0.2, -0.15) is 0 Å². The molecule has 0 saturated heterocycles. The molecule has 0 radical (unpaired) electrons. The van der Waals surface area contributed by atoms with Gasteiger partial charge in [0.05, 0.1) is 6.26 Å². The second-order valence-corrected chi connectivity index (χ2v) is 4.56. The first-order valence-corrected chi connectivity index (χ1v) is 6.62. The monoisotopic (exact) mass is 295 g/mol. The van der Waals surface area contributed by atoms with Crippen molar-refractivity contribution in [2.24, 2.45) is 0 Å². The molecule has 0 aliphatic carbocycles. The highest BCUT2D eigenvalue weighted by molar-refractivity contribution is 5.88. The van der Waals surface area contributed by atoms with Crippen LogP contribution < -0.4 is 10.1 Å². The molecule has 0 aliphatic heterocycles. The van der Waals surface area contributed by atoms with Gasteiger partial charge in [-0.05, 0) is 31.2 Å². The molecular weight excluding hydrogens is 282 g/mol. The van der Waals surface area contributed by atoms with Crippen molar-refractivity contribution in [1.82, 2.24) is 9.97 Å². The van der Waals surface area contributed by atoms with Crippen LogP contribution in [-0.4, -0.2) is 15.9 Å². The Balaban J connectivity index is 1.74. The van der Waals surface area contributed by atoms with Gasteiger partial charge in [0.1, 0.15) is 17.9 Å². The Morgan fingerprint density at radius 3 is 2.86 bits per heavy atom. The number of carbonyl (C=O) groups is 1. The smallest absolute Gasteiger partial charge is 0.379 e. The lowest BCUT2D eigenvalue weighted by atomic mass is 10.3. The van der Waals surface area contributed by atoms with E-state index in [-0.39, 0.29) is 5.76 Å². The number of hydrogen-bond acceptors (Lipinski definition) is 6. The summed E-state index contributed by atoms with van der Waals surface area (Å²) in [6, 6.07) is 12.0. The van der Waals surface area contributed by atoms with E-state index in [0.29, 0.717) is 11.6 Å². The third-order valence-electron chi connectivity index (χ3n) is 2.84. The van der Waals surface area contributed by atoms with Crippen LogP contribution in [0.5, 0.6) is 5.75 Å². The van der Waals surface area contributed by atoms with Crippen molar-refractivity contribution in [3.63, 3.8) is 0 Å². The van der Waals surface area contributed by atoms with Crippen LogP contribution in [0.1, 0.15) is 16.2 Å². The van der Waals surface area contributed by atoms with Gasteiger partial charge in [0, 0.05) is 23.5 Å². The van der Waals surface area contributed by atoms with E-state index in [1.807, 2.05) is 19.1 Å². The number of rotatable bonds is 4. The van der Waals surface area contributed by atoms with Crippen LogP contribution >= 0.6 is 0 Å². The third kappa shape index (κ3) is 3.29. The lowest BCUT2D eigenvalue weighted by Crippen LogP contribution is -2.07. The minimum Gasteiger partial charge on any atom is -0.457 e. The Morgan fingerprint density at radius 1 is 1.18 bits per heavy atom. The van der Waals surface area contributed by atoms with Crippen LogP contribution in [0.3, 0.4) is 0 Å². The number of esters is 1. The zero-order valence-electron chi connectivity index (χ0n) is 11.8. The molecular formula is C16H13N3O3. The number of aromatic nitrogens is 2. The summed E-state index contributed by atoms with van der Waals surface area (Å²) in [6.45, 7) is 1.88. The number of aryl methyl sites for hydroxylation is 1. The average Bonchev–Trinajstić information content (AvgIpc) is 3.02. The second kappa shape index (κ2) is 6.09. The number of nitrogens with zero attached hydrogens (tertiary/aromatic N) is 2. The maximum Gasteiger partial charge on any atom is 0.379 e. The van der Waals surface area contributed by atoms with Crippen LogP contribution in [0.25, 0.3) is 0 Å². The van der Waals surface area contributed by atoms with Gasteiger partial charge in [-0.1, -0.05) is 6.07 Å². The zero-order valence-corrected chi connectivity index (χ0v) is 11.8. The van der Waals surface area contributed by atoms with Gasteiger partial charge in [-0.25, -0.2) is 14.8 Å². The summed E-state index contributed by atoms with van der Waals surface area (Å²) in [7, 11) is 0. The molecule has 6 heteroatoms. The number of anilines is 2. The average molecular weight is 295 g/mol. The highest BCUT2D eigenvalue weighted by Crippen LogP contribution is 2.21. The standard InChI is InChI=1S/C16H13N3O3/c1-11-8-15(18-10-17-11)19-12-4-2-5-13(9-12)22-16(20)14-6-3-7-21-14/h2-10H,1H3,(H,17,18,19). The molecule has 3 rings (SSSR count). The Morgan fingerprint density at radius 2 is 2.09 bits per heavy atom. The molecule has 0 amide bonds. The van der Waals surface area contributed by atoms with Crippen LogP contribution in [0.4, 0.5) is 11.5 Å². The molecule has 1 N–H and O–H groups in total. The summed E-state index contributed by atoms with van der Waals surface area (Å²) < 4.78 is 10.3. The summed E-state index contributed by atoms with van der Waals surface area (Å²) in [5.41, 5.74) is 1.61. The number of ether oxygens (including phenoxy) is 1. The van der Waals surface area contributed by atoms with Gasteiger partial charge in [-0.15, -0.1) is 0 Å². The summed E-state index contributed by atoms with van der Waals surface area (Å²) in [6.07, 6.45) is 2.91. The molecule has 6 nitrogen and oxygen atoms in total. The highest BCUT2D eigenvalue weighted by atomic mass is 16.5. The number of nitrogens with one attached hydrogen (secondary N) is 1. The van der Waals surface area contributed by atoms with Gasteiger partial charge in [-0.3, -0.25) is 0 Å². The summed E-state index contributed by atoms with van der Waals surface area (Å²) in [4.78, 5) is 20.0. The quantitative estimate of drug-likeness (QED) is 0.587. The van der Waals surface area contributed by atoms with E-state index in [1.54, 1.807) is 30.3 Å². The van der Waals surface area contributed by atoms with Crippen molar-refractivity contribution in [3.05, 3.63) is 66.5 Å². The van der Waals surface area contributed by atoms with Crippen molar-refractivity contribution in [2.45, 2.75) is 6.92 Å². The van der Waals surface area contributed by atoms with Gasteiger partial charge in [0.15, 0.2) is 0 Å². The molecule has 110 valence electrons. The third-order valence-corrected chi connectivity index (χ3v) is 2.84. The van der Waals surface area contributed by atoms with Crippen LogP contribution in [0.2, 0.25) is 0 Å². The molecule has 0 atom stereocenters. The fourth-order valence-electron chi connectivity index (χ4n) is 1.86. The predicted octanol–water partition coefficient (Wildman–Crippen LogP) is 3.34. The topological polar surface area (TPSA) is 77.2 Å². The van der Waals surface area contributed by atoms with Gasteiger partial charge in [0.25, 0.3) is 0 Å². The lowest BCUT2D eigenvalue weighted by molar-refractivity contribution is 0.0701. The first kappa shape index (κ1) is 13.8. The Hall–Kier alpha value is -3.15. The zero-order chi connectivity index (χ0) is 15.4. The summed E-state index contributed by atoms with van der Waals surface area (Å²) >= 11 is 0. The minimum atomic E-state index is -0.542. The number of carbonyl (C=O) groups excluding carboxylic acids is 1. The first-order valence-electron chi connectivity index (χ1n) is 6.62. The Labute approximate surface area is 126 Å². The highest BCUT2D eigenvalue weighted by Gasteiger charge is 2.11. The molecule has 0 spiro atoms. The molecule has 0 saturated carbocycles. The molecule has 22 heavy (non-hydrogen) atoms. The Kier molecular flexibility index (Phi) is 3.82. The van der Waals surface area contributed by atoms with Crippen molar-refractivity contribution in [1.29, 1.82) is 0 Å². The van der Waals surface area contributed by atoms with E-state index < -0.39 is 5.97 Å². The second-order valence-electron chi connectivity index (χ2n) is 4.56. The molecule has 0 fully saturated rings. The maximum atomic E-state index is 11.8. The molecule has 0 bridgehead atoms. The largest absolute Gasteiger partial charge is 0.457 e. The van der Waals surface area contributed by atoms with E-state index in [9.17, 15) is 4.79 Å². The number of furan rings is 1. The molecule has 2 heterocycles. The predicted molar refractivity (Wildman–Crippen MR) is 80.2 cm³/mol. The fraction of sp³-hybridized carbons (Fsp3) is 0.0625. The normalized spacial score (nSPS) is 10.2. The van der Waals surface area contributed by atoms with Gasteiger partial charge < -0.3 is 14.5 Å². The molecule has 0 aliphatic rings. The van der Waals surface area contributed by atoms with Crippen molar-refractivity contribution in [3.8, 4) is 5.75 Å². The summed E-state index contributed by atoms with van der Waals surface area (Å²) in [5.74, 6) is 0.698. The van der Waals surface area contributed by atoms with Crippen molar-refractivity contribution in [2.75, 3.05) is 5.32 Å². The van der Waals surface area contributed by atoms with Gasteiger partial charge >= 0.3 is 5.97 Å². The molecule has 1 aromatic carbocycles. The fourth-order valence-corrected chi connectivity index (χ4v) is 1.86. The maximum absolute atomic E-state index is 11.8. The van der Waals surface area contributed by atoms with E-state index in [4.69, 9.17) is 9.15 Å².